The third-order valence-electron chi connectivity index (χ3n) is 3.43. The minimum Gasteiger partial charge on any atom is -0.480 e. The molecule has 1 aliphatic heterocycles. The van der Waals surface area contributed by atoms with Gasteiger partial charge in [-0.1, -0.05) is 11.8 Å². The monoisotopic (exact) mass is 315 g/mol. The first-order valence-corrected chi connectivity index (χ1v) is 8.24. The van der Waals surface area contributed by atoms with E-state index in [0.717, 1.165) is 4.34 Å². The number of amides is 1. The molecule has 0 bridgehead atoms. The van der Waals surface area contributed by atoms with Crippen molar-refractivity contribution in [2.45, 2.75) is 22.8 Å². The molecular formula is C12H17N3O3S2. The molecule has 1 aromatic heterocycles. The number of aromatic nitrogens is 1. The van der Waals surface area contributed by atoms with E-state index in [1.807, 2.05) is 25.3 Å². The van der Waals surface area contributed by atoms with Crippen LogP contribution in [0, 0.1) is 0 Å². The number of likely N-dealkylation sites (tertiary alicyclic amines) is 1. The van der Waals surface area contributed by atoms with Crippen molar-refractivity contribution >= 4 is 35.0 Å². The lowest BCUT2D eigenvalue weighted by molar-refractivity contribution is -0.141. The van der Waals surface area contributed by atoms with Crippen molar-refractivity contribution in [3.63, 3.8) is 0 Å². The lowest BCUT2D eigenvalue weighted by Gasteiger charge is -2.21. The van der Waals surface area contributed by atoms with Gasteiger partial charge in [0.2, 0.25) is 0 Å². The molecule has 0 saturated carbocycles. The fourth-order valence-electron chi connectivity index (χ4n) is 2.24. The van der Waals surface area contributed by atoms with Gasteiger partial charge < -0.3 is 14.9 Å². The van der Waals surface area contributed by atoms with Crippen LogP contribution in [0.3, 0.4) is 0 Å². The van der Waals surface area contributed by atoms with Gasteiger partial charge in [0.25, 0.3) is 5.91 Å². The van der Waals surface area contributed by atoms with E-state index in [2.05, 4.69) is 4.98 Å². The minimum atomic E-state index is -0.956. The number of carbonyl (C=O) groups excluding carboxylic acids is 1. The summed E-state index contributed by atoms with van der Waals surface area (Å²) in [5.41, 5.74) is 0.338. The average Bonchev–Trinajstić information content (AvgIpc) is 3.04. The van der Waals surface area contributed by atoms with Crippen LogP contribution in [0.2, 0.25) is 0 Å². The number of carboxylic acid groups (broad SMARTS) is 1. The molecule has 0 aromatic carbocycles. The van der Waals surface area contributed by atoms with Crippen molar-refractivity contribution in [1.29, 1.82) is 0 Å². The predicted molar refractivity (Wildman–Crippen MR) is 78.4 cm³/mol. The summed E-state index contributed by atoms with van der Waals surface area (Å²) in [6.45, 7) is 0.426. The van der Waals surface area contributed by atoms with E-state index in [0.29, 0.717) is 18.7 Å². The molecule has 1 fully saturated rings. The van der Waals surface area contributed by atoms with Gasteiger partial charge in [-0.25, -0.2) is 9.78 Å². The van der Waals surface area contributed by atoms with E-state index >= 15 is 0 Å². The van der Waals surface area contributed by atoms with Crippen molar-refractivity contribution in [3.8, 4) is 0 Å². The van der Waals surface area contributed by atoms with Crippen molar-refractivity contribution in [3.05, 3.63) is 11.1 Å². The second-order valence-corrected chi connectivity index (χ2v) is 6.78. The van der Waals surface area contributed by atoms with Crippen LogP contribution in [0.15, 0.2) is 9.72 Å². The fourth-order valence-corrected chi connectivity index (χ4v) is 3.48. The Kier molecular flexibility index (Phi) is 4.66. The summed E-state index contributed by atoms with van der Waals surface area (Å²) in [5, 5.41) is 11.0. The normalized spacial score (nSPS) is 22.5. The number of thiazole rings is 1. The molecule has 110 valence electrons. The Bertz CT molecular complexity index is 518. The van der Waals surface area contributed by atoms with Gasteiger partial charge in [-0.15, -0.1) is 11.3 Å². The summed E-state index contributed by atoms with van der Waals surface area (Å²) in [6.07, 6.45) is 2.35. The Morgan fingerprint density at radius 3 is 2.75 bits per heavy atom. The van der Waals surface area contributed by atoms with Crippen molar-refractivity contribution < 1.29 is 14.7 Å². The number of thioether (sulfide) groups is 1. The number of aliphatic carboxylic acids is 1. The fraction of sp³-hybridized carbons (Fsp3) is 0.583. The van der Waals surface area contributed by atoms with E-state index < -0.39 is 12.0 Å². The summed E-state index contributed by atoms with van der Waals surface area (Å²) < 4.78 is 0.809. The van der Waals surface area contributed by atoms with Crippen LogP contribution in [-0.2, 0) is 4.79 Å². The number of likely N-dealkylation sites (N-methyl/N-ethyl adjacent to an activating group) is 1. The molecule has 1 aliphatic rings. The zero-order chi connectivity index (χ0) is 14.9. The van der Waals surface area contributed by atoms with Gasteiger partial charge >= 0.3 is 5.97 Å². The van der Waals surface area contributed by atoms with Gasteiger partial charge in [0.1, 0.15) is 16.1 Å². The summed E-state index contributed by atoms with van der Waals surface area (Å²) in [6, 6.07) is -0.701. The van der Waals surface area contributed by atoms with Crippen LogP contribution in [0.5, 0.6) is 0 Å². The van der Waals surface area contributed by atoms with Crippen LogP contribution in [0.25, 0.3) is 0 Å². The number of nitrogens with zero attached hydrogens (tertiary/aromatic N) is 3. The highest BCUT2D eigenvalue weighted by atomic mass is 32.2. The number of carbonyl (C=O) groups is 2. The number of hydrogen-bond donors (Lipinski definition) is 1. The molecule has 1 saturated heterocycles. The average molecular weight is 315 g/mol. The quantitative estimate of drug-likeness (QED) is 0.839. The SMILES string of the molecule is CSc1nc(C(=O)N2C[C@H](N(C)C)C[C@H]2C(=O)O)cs1. The van der Waals surface area contributed by atoms with Crippen LogP contribution in [0.4, 0.5) is 0 Å². The molecule has 0 aliphatic carbocycles. The van der Waals surface area contributed by atoms with E-state index in [9.17, 15) is 14.7 Å². The van der Waals surface area contributed by atoms with Gasteiger partial charge in [0, 0.05) is 18.0 Å². The summed E-state index contributed by atoms with van der Waals surface area (Å²) in [4.78, 5) is 31.4. The van der Waals surface area contributed by atoms with E-state index in [1.165, 1.54) is 28.0 Å². The topological polar surface area (TPSA) is 73.7 Å². The minimum absolute atomic E-state index is 0.0682. The van der Waals surface area contributed by atoms with Crippen LogP contribution < -0.4 is 0 Å². The molecule has 6 nitrogen and oxygen atoms in total. The van der Waals surface area contributed by atoms with Crippen LogP contribution in [0.1, 0.15) is 16.9 Å². The number of rotatable bonds is 4. The maximum Gasteiger partial charge on any atom is 0.326 e. The molecule has 1 amide bonds. The molecule has 2 heterocycles. The van der Waals surface area contributed by atoms with Gasteiger partial charge in [-0.3, -0.25) is 4.79 Å². The maximum atomic E-state index is 12.4. The Morgan fingerprint density at radius 1 is 1.55 bits per heavy atom. The first-order chi connectivity index (χ1) is 9.43. The largest absolute Gasteiger partial charge is 0.480 e. The lowest BCUT2D eigenvalue weighted by Crippen LogP contribution is -2.41. The summed E-state index contributed by atoms with van der Waals surface area (Å²) >= 11 is 2.87. The molecular weight excluding hydrogens is 298 g/mol. The lowest BCUT2D eigenvalue weighted by atomic mass is 10.1. The highest BCUT2D eigenvalue weighted by Gasteiger charge is 2.41. The molecule has 0 spiro atoms. The molecule has 1 aromatic rings. The van der Waals surface area contributed by atoms with Gasteiger partial charge in [-0.2, -0.15) is 0 Å². The highest BCUT2D eigenvalue weighted by molar-refractivity contribution is 8.00. The second kappa shape index (κ2) is 6.11. The third kappa shape index (κ3) is 2.97. The summed E-state index contributed by atoms with van der Waals surface area (Å²) in [5.74, 6) is -1.25. The first kappa shape index (κ1) is 15.3. The van der Waals surface area contributed by atoms with Crippen molar-refractivity contribution in [2.24, 2.45) is 0 Å². The predicted octanol–water partition coefficient (Wildman–Crippen LogP) is 1.09. The van der Waals surface area contributed by atoms with Crippen LogP contribution >= 0.6 is 23.1 Å². The van der Waals surface area contributed by atoms with E-state index in [4.69, 9.17) is 0 Å². The molecule has 20 heavy (non-hydrogen) atoms. The van der Waals surface area contributed by atoms with Crippen molar-refractivity contribution in [2.75, 3.05) is 26.9 Å². The van der Waals surface area contributed by atoms with Gasteiger partial charge in [0.05, 0.1) is 0 Å². The molecule has 2 rings (SSSR count). The second-order valence-electron chi connectivity index (χ2n) is 4.87. The standard InChI is InChI=1S/C12H17N3O3S2/c1-14(2)7-4-9(11(17)18)15(5-7)10(16)8-6-20-12(13-8)19-3/h6-7,9H,4-5H2,1-3H3,(H,17,18)/t7-,9+/m1/s1. The van der Waals surface area contributed by atoms with Gasteiger partial charge in [-0.05, 0) is 26.8 Å². The Balaban J connectivity index is 2.20. The van der Waals surface area contributed by atoms with Crippen molar-refractivity contribution in [1.82, 2.24) is 14.8 Å². The zero-order valence-corrected chi connectivity index (χ0v) is 13.2. The third-order valence-corrected chi connectivity index (χ3v) is 5.30. The zero-order valence-electron chi connectivity index (χ0n) is 11.6. The highest BCUT2D eigenvalue weighted by Crippen LogP contribution is 2.25. The molecule has 1 N–H and O–H groups in total. The number of carboxylic acids is 1. The first-order valence-electron chi connectivity index (χ1n) is 6.13. The summed E-state index contributed by atoms with van der Waals surface area (Å²) in [7, 11) is 3.79. The molecule has 0 radical (unpaired) electrons. The smallest absolute Gasteiger partial charge is 0.326 e. The van der Waals surface area contributed by atoms with Crippen LogP contribution in [-0.4, -0.2) is 70.7 Å². The Morgan fingerprint density at radius 2 is 2.25 bits per heavy atom. The Labute approximate surface area is 125 Å². The molecule has 8 heteroatoms. The maximum absolute atomic E-state index is 12.4. The van der Waals surface area contributed by atoms with Gasteiger partial charge in [0.15, 0.2) is 0 Å². The van der Waals surface area contributed by atoms with E-state index in [-0.39, 0.29) is 11.9 Å². The Hall–Kier alpha value is -1.12. The van der Waals surface area contributed by atoms with E-state index in [1.54, 1.807) is 5.38 Å². The molecule has 0 unspecified atom stereocenters. The number of hydrogen-bond acceptors (Lipinski definition) is 6. The molecule has 2 atom stereocenters.